The number of nitrogens with zero attached hydrogens (tertiary/aromatic N) is 4. The number of rotatable bonds is 10. The van der Waals surface area contributed by atoms with Crippen molar-refractivity contribution in [3.8, 4) is 11.3 Å². The molecule has 1 unspecified atom stereocenters. The van der Waals surface area contributed by atoms with E-state index in [1.807, 2.05) is 14.0 Å². The molecule has 0 aliphatic heterocycles. The molecule has 2 aromatic carbocycles. The zero-order valence-electron chi connectivity index (χ0n) is 22.9. The number of nitrogens with one attached hydrogen (secondary N) is 1. The summed E-state index contributed by atoms with van der Waals surface area (Å²) in [5.41, 5.74) is -0.881. The molecule has 0 radical (unpaired) electrons. The third kappa shape index (κ3) is 7.32. The second kappa shape index (κ2) is 12.4. The Bertz CT molecular complexity index is 1470. The number of unbranched alkanes of at least 4 members (excludes halogenated alkanes) is 3. The number of halogens is 6. The lowest BCUT2D eigenvalue weighted by Gasteiger charge is -2.24. The first-order chi connectivity index (χ1) is 19.4. The minimum absolute atomic E-state index is 0.222. The van der Waals surface area contributed by atoms with Crippen LogP contribution in [0.3, 0.4) is 0 Å². The molecule has 4 rings (SSSR count). The first-order valence-electron chi connectivity index (χ1n) is 13.4. The summed E-state index contributed by atoms with van der Waals surface area (Å²) in [5, 5.41) is 3.58. The normalized spacial score (nSPS) is 13.1. The van der Waals surface area contributed by atoms with E-state index in [0.717, 1.165) is 50.4 Å². The maximum absolute atomic E-state index is 13.7. The lowest BCUT2D eigenvalue weighted by molar-refractivity contribution is -0.138. The summed E-state index contributed by atoms with van der Waals surface area (Å²) < 4.78 is 80.3. The summed E-state index contributed by atoms with van der Waals surface area (Å²) in [6.07, 6.45) is -3.45. The van der Waals surface area contributed by atoms with Crippen LogP contribution in [0.2, 0.25) is 0 Å². The highest BCUT2D eigenvalue weighted by atomic mass is 19.4. The Morgan fingerprint density at radius 2 is 1.61 bits per heavy atom. The highest BCUT2D eigenvalue weighted by molar-refractivity contribution is 5.93. The third-order valence-electron chi connectivity index (χ3n) is 6.97. The van der Waals surface area contributed by atoms with Gasteiger partial charge in [0.05, 0.1) is 28.4 Å². The van der Waals surface area contributed by atoms with Gasteiger partial charge in [-0.2, -0.15) is 26.3 Å². The number of benzene rings is 2. The zero-order valence-corrected chi connectivity index (χ0v) is 22.9. The molecule has 1 N–H and O–H groups in total. The molecule has 11 heteroatoms. The molecule has 2 aromatic heterocycles. The van der Waals surface area contributed by atoms with Crippen LogP contribution in [0.5, 0.6) is 0 Å². The SMILES string of the molecule is CCCCCCN(C)C(C)c1nc(Nc2ccc(C(F)(F)F)cc2)c2ccc(-c3ncccc3C(F)(F)F)cc2n1. The van der Waals surface area contributed by atoms with Gasteiger partial charge in [0.2, 0.25) is 0 Å². The zero-order chi connectivity index (χ0) is 29.8. The molecule has 5 nitrogen and oxygen atoms in total. The van der Waals surface area contributed by atoms with Crippen molar-refractivity contribution in [1.82, 2.24) is 19.9 Å². The average molecular weight is 576 g/mol. The van der Waals surface area contributed by atoms with Crippen LogP contribution in [-0.2, 0) is 12.4 Å². The fourth-order valence-corrected chi connectivity index (χ4v) is 4.50. The highest BCUT2D eigenvalue weighted by Crippen LogP contribution is 2.37. The van der Waals surface area contributed by atoms with Gasteiger partial charge in [-0.15, -0.1) is 0 Å². The summed E-state index contributed by atoms with van der Waals surface area (Å²) in [5.74, 6) is 0.763. The van der Waals surface area contributed by atoms with Crippen molar-refractivity contribution in [3.63, 3.8) is 0 Å². The molecule has 0 fully saturated rings. The molecule has 0 amide bonds. The van der Waals surface area contributed by atoms with Crippen LogP contribution in [0.15, 0.2) is 60.8 Å². The predicted octanol–water partition coefficient (Wildman–Crippen LogP) is 9.05. The summed E-state index contributed by atoms with van der Waals surface area (Å²) >= 11 is 0. The summed E-state index contributed by atoms with van der Waals surface area (Å²) in [7, 11) is 1.95. The molecule has 0 aliphatic rings. The Kier molecular flexibility index (Phi) is 9.16. The quantitative estimate of drug-likeness (QED) is 0.151. The number of alkyl halides is 6. The van der Waals surface area contributed by atoms with Gasteiger partial charge in [0.25, 0.3) is 0 Å². The van der Waals surface area contributed by atoms with Crippen molar-refractivity contribution >= 4 is 22.4 Å². The number of fused-ring (bicyclic) bond motifs is 1. The molecule has 1 atom stereocenters. The molecule has 0 spiro atoms. The topological polar surface area (TPSA) is 53.9 Å². The molecule has 41 heavy (non-hydrogen) atoms. The van der Waals surface area contributed by atoms with E-state index >= 15 is 0 Å². The van der Waals surface area contributed by atoms with Crippen molar-refractivity contribution in [2.24, 2.45) is 0 Å². The van der Waals surface area contributed by atoms with E-state index in [1.165, 1.54) is 36.5 Å². The Balaban J connectivity index is 1.77. The fourth-order valence-electron chi connectivity index (χ4n) is 4.50. The van der Waals surface area contributed by atoms with E-state index in [4.69, 9.17) is 9.97 Å². The van der Waals surface area contributed by atoms with Crippen LogP contribution in [0, 0.1) is 0 Å². The van der Waals surface area contributed by atoms with Crippen LogP contribution in [0.1, 0.15) is 62.5 Å². The van der Waals surface area contributed by atoms with Crippen molar-refractivity contribution < 1.29 is 26.3 Å². The lowest BCUT2D eigenvalue weighted by atomic mass is 10.0. The number of aromatic nitrogens is 3. The molecule has 218 valence electrons. The van der Waals surface area contributed by atoms with Crippen molar-refractivity contribution in [3.05, 3.63) is 77.7 Å². The van der Waals surface area contributed by atoms with Crippen LogP contribution < -0.4 is 5.32 Å². The predicted molar refractivity (Wildman–Crippen MR) is 148 cm³/mol. The second-order valence-electron chi connectivity index (χ2n) is 9.98. The average Bonchev–Trinajstić information content (AvgIpc) is 2.93. The number of hydrogen-bond donors (Lipinski definition) is 1. The van der Waals surface area contributed by atoms with Gasteiger partial charge in [-0.3, -0.25) is 9.88 Å². The molecule has 2 heterocycles. The van der Waals surface area contributed by atoms with Gasteiger partial charge in [0, 0.05) is 22.8 Å². The van der Waals surface area contributed by atoms with Gasteiger partial charge in [-0.05, 0) is 75.5 Å². The van der Waals surface area contributed by atoms with Gasteiger partial charge in [0.1, 0.15) is 11.6 Å². The second-order valence-corrected chi connectivity index (χ2v) is 9.98. The van der Waals surface area contributed by atoms with E-state index in [0.29, 0.717) is 28.2 Å². The maximum atomic E-state index is 13.7. The molecule has 0 saturated heterocycles. The third-order valence-corrected chi connectivity index (χ3v) is 6.97. The summed E-state index contributed by atoms with van der Waals surface area (Å²) in [6.45, 7) is 4.87. The Morgan fingerprint density at radius 3 is 2.27 bits per heavy atom. The van der Waals surface area contributed by atoms with Gasteiger partial charge < -0.3 is 5.32 Å². The van der Waals surface area contributed by atoms with Crippen molar-refractivity contribution in [2.75, 3.05) is 18.9 Å². The molecule has 0 bridgehead atoms. The van der Waals surface area contributed by atoms with E-state index in [-0.39, 0.29) is 17.3 Å². The van der Waals surface area contributed by atoms with E-state index < -0.39 is 23.5 Å². The number of pyridine rings is 1. The lowest BCUT2D eigenvalue weighted by Crippen LogP contribution is -2.25. The van der Waals surface area contributed by atoms with Crippen molar-refractivity contribution in [2.45, 2.75) is 57.9 Å². The van der Waals surface area contributed by atoms with Crippen LogP contribution >= 0.6 is 0 Å². The fraction of sp³-hybridized carbons (Fsp3) is 0.367. The van der Waals surface area contributed by atoms with E-state index in [2.05, 4.69) is 22.1 Å². The monoisotopic (exact) mass is 575 g/mol. The largest absolute Gasteiger partial charge is 0.418 e. The Labute approximate surface area is 234 Å². The maximum Gasteiger partial charge on any atom is 0.418 e. The van der Waals surface area contributed by atoms with Gasteiger partial charge in [0.15, 0.2) is 0 Å². The number of hydrogen-bond acceptors (Lipinski definition) is 5. The van der Waals surface area contributed by atoms with Gasteiger partial charge in [-0.1, -0.05) is 32.3 Å². The summed E-state index contributed by atoms with van der Waals surface area (Å²) in [6, 6.07) is 11.1. The van der Waals surface area contributed by atoms with Crippen LogP contribution in [0.4, 0.5) is 37.8 Å². The molecule has 0 aliphatic carbocycles. The summed E-state index contributed by atoms with van der Waals surface area (Å²) in [4.78, 5) is 15.5. The van der Waals surface area contributed by atoms with Crippen LogP contribution in [-0.4, -0.2) is 33.4 Å². The van der Waals surface area contributed by atoms with Gasteiger partial charge in [-0.25, -0.2) is 9.97 Å². The minimum atomic E-state index is -4.60. The Morgan fingerprint density at radius 1 is 0.878 bits per heavy atom. The molecule has 4 aromatic rings. The van der Waals surface area contributed by atoms with E-state index in [9.17, 15) is 26.3 Å². The standard InChI is InChI=1S/C30H31F6N5/c1-4-5-6-7-17-41(3)19(2)27-39-25-18-20(26-24(30(34,35)36)9-8-16-37-26)10-15-23(25)28(40-27)38-22-13-11-21(12-14-22)29(31,32)33/h8-16,18-19H,4-7,17H2,1-3H3,(H,38,39,40). The minimum Gasteiger partial charge on any atom is -0.340 e. The molecular weight excluding hydrogens is 544 g/mol. The van der Waals surface area contributed by atoms with E-state index in [1.54, 1.807) is 6.07 Å². The first kappa shape index (κ1) is 30.2. The highest BCUT2D eigenvalue weighted by Gasteiger charge is 2.34. The smallest absolute Gasteiger partial charge is 0.340 e. The van der Waals surface area contributed by atoms with Gasteiger partial charge >= 0.3 is 12.4 Å². The van der Waals surface area contributed by atoms with Crippen LogP contribution in [0.25, 0.3) is 22.2 Å². The number of anilines is 2. The molecule has 0 saturated carbocycles. The first-order valence-corrected chi connectivity index (χ1v) is 13.4. The Hall–Kier alpha value is -3.73. The van der Waals surface area contributed by atoms with Crippen molar-refractivity contribution in [1.29, 1.82) is 0 Å². The molecular formula is C30H31F6N5.